The molecule has 10 aromatic carbocycles. The van der Waals surface area contributed by atoms with Crippen LogP contribution < -0.4 is 5.46 Å². The molecule has 0 bridgehead atoms. The van der Waals surface area contributed by atoms with Crippen LogP contribution in [0.2, 0.25) is 0 Å². The van der Waals surface area contributed by atoms with Crippen LogP contribution in [-0.2, 0) is 9.31 Å². The van der Waals surface area contributed by atoms with Gasteiger partial charge in [0.1, 0.15) is 11.6 Å². The van der Waals surface area contributed by atoms with E-state index in [0.29, 0.717) is 33.5 Å². The second-order valence-electron chi connectivity index (χ2n) is 20.1. The Labute approximate surface area is 461 Å². The molecule has 378 valence electrons. The topological polar surface area (TPSA) is 56.5 Å². The van der Waals surface area contributed by atoms with Gasteiger partial charge in [0.2, 0.25) is 0 Å². The van der Waals surface area contributed by atoms with Gasteiger partial charge >= 0.3 is 7.12 Å². The maximum atomic E-state index is 14.6. The molecule has 3 heterocycles. The van der Waals surface area contributed by atoms with Crippen molar-refractivity contribution in [2.45, 2.75) is 38.9 Å². The maximum absolute atomic E-state index is 14.6. The van der Waals surface area contributed by atoms with Gasteiger partial charge in [-0.2, -0.15) is 5.26 Å². The van der Waals surface area contributed by atoms with E-state index in [1.165, 1.54) is 61.8 Å². The van der Waals surface area contributed by atoms with Crippen LogP contribution in [-0.4, -0.2) is 27.5 Å². The quantitative estimate of drug-likeness (QED) is 0.123. The minimum atomic E-state index is -0.382. The first-order valence-electron chi connectivity index (χ1n) is 25.6. The predicted molar refractivity (Wildman–Crippen MR) is 319 cm³/mol. The molecule has 1 aliphatic heterocycles. The molecule has 0 N–H and O–H groups in total. The number of halogens is 3. The van der Waals surface area contributed by atoms with E-state index in [9.17, 15) is 8.78 Å². The lowest BCUT2D eigenvalue weighted by molar-refractivity contribution is 0.00578. The smallest absolute Gasteiger partial charge is 0.399 e. The predicted octanol–water partition coefficient (Wildman–Crippen LogP) is 18.0. The second kappa shape index (κ2) is 21.3. The Morgan fingerprint density at radius 3 is 1.38 bits per heavy atom. The third-order valence-electron chi connectivity index (χ3n) is 14.8. The van der Waals surface area contributed by atoms with Crippen molar-refractivity contribution >= 4 is 77.8 Å². The summed E-state index contributed by atoms with van der Waals surface area (Å²) in [4.78, 5) is 3.51. The number of nitrogens with zero attached hydrogens (tertiary/aromatic N) is 4. The van der Waals surface area contributed by atoms with E-state index >= 15 is 0 Å². The molecule has 1 saturated heterocycles. The molecule has 2 aromatic heterocycles. The zero-order chi connectivity index (χ0) is 54.1. The van der Waals surface area contributed by atoms with Crippen LogP contribution in [0.25, 0.3) is 93.2 Å². The molecule has 0 saturated carbocycles. The molecule has 0 aliphatic carbocycles. The Morgan fingerprint density at radius 2 is 0.897 bits per heavy atom. The van der Waals surface area contributed by atoms with Crippen LogP contribution in [0.1, 0.15) is 33.3 Å². The molecule has 78 heavy (non-hydrogen) atoms. The number of rotatable bonds is 6. The second-order valence-corrected chi connectivity index (χ2v) is 21.0. The van der Waals surface area contributed by atoms with Gasteiger partial charge < -0.3 is 18.4 Å². The van der Waals surface area contributed by atoms with Crippen molar-refractivity contribution in [3.8, 4) is 50.8 Å². The lowest BCUT2D eigenvalue weighted by Gasteiger charge is -2.32. The Bertz CT molecular complexity index is 4180. The lowest BCUT2D eigenvalue weighted by atomic mass is 9.79. The summed E-state index contributed by atoms with van der Waals surface area (Å²) in [6.07, 6.45) is 0. The fourth-order valence-electron chi connectivity index (χ4n) is 10.3. The minimum absolute atomic E-state index is 0.318. The maximum Gasteiger partial charge on any atom is 0.494 e. The highest BCUT2D eigenvalue weighted by Gasteiger charge is 2.51. The standard InChI is InChI=1S/C31H19FN2.C24H24BNO2.C13H7BrFN/c1-33-28-13-7-12-27(32)31(28)23-9-6-8-22(20-23)21-16-18-24(19-17-21)34-29-14-4-2-10-25(29)26-11-3-5-15-30(26)34;1-23(2)24(3,4)28-25(27-23)17-13-15-18(16-14-17)26-21-11-7-5-9-19(21)20-10-6-8-12-22(20)26;14-11-5-1-3-9(7-11)13-10(8-16)4-2-6-12(13)15/h2-20H;5-16H,1-4H3;1-7H. The number of benzene rings is 10. The first kappa shape index (κ1) is 51.2. The van der Waals surface area contributed by atoms with Gasteiger partial charge in [-0.15, -0.1) is 0 Å². The number of fused-ring (bicyclic) bond motifs is 6. The SMILES string of the molecule is CC1(C)OB(c2ccc(-n3c4ccccc4c4ccccc43)cc2)OC1(C)C.N#Cc1cccc(F)c1-c1cccc(Br)c1.[C-]#[N+]c1cccc(F)c1-c1cccc(-c2ccc(-n3c4ccccc4c4ccccc43)cc2)c1. The van der Waals surface area contributed by atoms with Crippen molar-refractivity contribution in [1.82, 2.24) is 9.13 Å². The first-order chi connectivity index (χ1) is 37.8. The zero-order valence-electron chi connectivity index (χ0n) is 43.3. The Morgan fingerprint density at radius 1 is 0.474 bits per heavy atom. The van der Waals surface area contributed by atoms with Crippen LogP contribution in [0.3, 0.4) is 0 Å². The Hall–Kier alpha value is -8.90. The van der Waals surface area contributed by atoms with E-state index in [2.05, 4.69) is 203 Å². The third kappa shape index (κ3) is 9.67. The van der Waals surface area contributed by atoms with E-state index in [-0.39, 0.29) is 30.0 Å². The molecular weight excluding hydrogens is 1030 g/mol. The number of aromatic nitrogens is 2. The van der Waals surface area contributed by atoms with Crippen molar-refractivity contribution in [2.75, 3.05) is 0 Å². The molecule has 10 heteroatoms. The van der Waals surface area contributed by atoms with Gasteiger partial charge in [-0.1, -0.05) is 162 Å². The molecule has 0 radical (unpaired) electrons. The molecule has 13 rings (SSSR count). The summed E-state index contributed by atoms with van der Waals surface area (Å²) in [5.74, 6) is -0.760. The largest absolute Gasteiger partial charge is 0.494 e. The van der Waals surface area contributed by atoms with Crippen LogP contribution >= 0.6 is 15.9 Å². The van der Waals surface area contributed by atoms with Crippen LogP contribution in [0.4, 0.5) is 14.5 Å². The summed E-state index contributed by atoms with van der Waals surface area (Å²) in [5, 5.41) is 14.0. The highest BCUT2D eigenvalue weighted by Crippen LogP contribution is 2.39. The molecule has 12 aromatic rings. The van der Waals surface area contributed by atoms with E-state index in [0.717, 1.165) is 32.4 Å². The molecule has 0 amide bonds. The number of hydrogen-bond acceptors (Lipinski definition) is 3. The monoisotopic (exact) mass is 1080 g/mol. The molecule has 0 spiro atoms. The minimum Gasteiger partial charge on any atom is -0.399 e. The van der Waals surface area contributed by atoms with Crippen LogP contribution in [0, 0.1) is 29.5 Å². The van der Waals surface area contributed by atoms with Crippen LogP contribution in [0.15, 0.2) is 235 Å². The molecular formula is C68H50BBrF2N4O2. The Balaban J connectivity index is 0.000000132. The first-order valence-corrected chi connectivity index (χ1v) is 26.4. The van der Waals surface area contributed by atoms with Gasteiger partial charge in [0.05, 0.1) is 51.5 Å². The summed E-state index contributed by atoms with van der Waals surface area (Å²) in [5.41, 5.74) is 12.2. The summed E-state index contributed by atoms with van der Waals surface area (Å²) in [7, 11) is -0.336. The van der Waals surface area contributed by atoms with E-state index in [1.807, 2.05) is 42.5 Å². The van der Waals surface area contributed by atoms with E-state index in [1.54, 1.807) is 30.3 Å². The van der Waals surface area contributed by atoms with Crippen LogP contribution in [0.5, 0.6) is 0 Å². The van der Waals surface area contributed by atoms with Crippen molar-refractivity contribution in [3.05, 3.63) is 264 Å². The summed E-state index contributed by atoms with van der Waals surface area (Å²) in [6, 6.07) is 77.1. The van der Waals surface area contributed by atoms with Gasteiger partial charge in [-0.25, -0.2) is 13.6 Å². The van der Waals surface area contributed by atoms with Crippen molar-refractivity contribution in [3.63, 3.8) is 0 Å². The normalized spacial score (nSPS) is 13.4. The van der Waals surface area contributed by atoms with Crippen molar-refractivity contribution in [1.29, 1.82) is 5.26 Å². The number of hydrogen-bond donors (Lipinski definition) is 0. The molecule has 1 aliphatic rings. The van der Waals surface area contributed by atoms with Gasteiger partial charge in [-0.05, 0) is 140 Å². The molecule has 1 fully saturated rings. The fraction of sp³-hybridized carbons (Fsp3) is 0.0882. The highest BCUT2D eigenvalue weighted by atomic mass is 79.9. The van der Waals surface area contributed by atoms with E-state index < -0.39 is 0 Å². The number of nitriles is 1. The average Bonchev–Trinajstić information content (AvgIpc) is 4.22. The van der Waals surface area contributed by atoms with E-state index in [4.69, 9.17) is 21.1 Å². The van der Waals surface area contributed by atoms with Gasteiger partial charge in [0.25, 0.3) is 0 Å². The zero-order valence-corrected chi connectivity index (χ0v) is 44.8. The molecule has 6 nitrogen and oxygen atoms in total. The fourth-order valence-corrected chi connectivity index (χ4v) is 10.7. The molecule has 0 unspecified atom stereocenters. The van der Waals surface area contributed by atoms with Gasteiger partial charge in [-0.3, -0.25) is 0 Å². The summed E-state index contributed by atoms with van der Waals surface area (Å²) < 4.78 is 46.1. The van der Waals surface area contributed by atoms with Gasteiger partial charge in [0, 0.05) is 48.5 Å². The molecule has 0 atom stereocenters. The summed E-state index contributed by atoms with van der Waals surface area (Å²) in [6.45, 7) is 15.7. The third-order valence-corrected chi connectivity index (χ3v) is 15.3. The van der Waals surface area contributed by atoms with Gasteiger partial charge in [0.15, 0.2) is 5.69 Å². The van der Waals surface area contributed by atoms with Crippen molar-refractivity contribution in [2.24, 2.45) is 0 Å². The average molecular weight is 1080 g/mol. The number of para-hydroxylation sites is 4. The van der Waals surface area contributed by atoms with Crippen molar-refractivity contribution < 1.29 is 18.1 Å². The Kier molecular flexibility index (Phi) is 14.0. The summed E-state index contributed by atoms with van der Waals surface area (Å²) >= 11 is 3.33. The highest BCUT2D eigenvalue weighted by molar-refractivity contribution is 9.10. The lowest BCUT2D eigenvalue weighted by Crippen LogP contribution is -2.41.